The molecule has 0 radical (unpaired) electrons. The van der Waals surface area contributed by atoms with E-state index in [-0.39, 0.29) is 5.91 Å². The summed E-state index contributed by atoms with van der Waals surface area (Å²) in [7, 11) is 0. The summed E-state index contributed by atoms with van der Waals surface area (Å²) in [5, 5.41) is 12.3. The molecule has 3 rings (SSSR count). The molecule has 0 unspecified atom stereocenters. The van der Waals surface area contributed by atoms with Gasteiger partial charge in [0.25, 0.3) is 5.91 Å². The molecule has 1 aliphatic heterocycles. The molecule has 1 aliphatic rings. The molecule has 0 bridgehead atoms. The summed E-state index contributed by atoms with van der Waals surface area (Å²) in [5.74, 6) is -0.0533. The van der Waals surface area contributed by atoms with Crippen LogP contribution in [0.1, 0.15) is 41.6 Å². The van der Waals surface area contributed by atoms with Crippen LogP contribution >= 0.6 is 0 Å². The smallest absolute Gasteiger partial charge is 0.251 e. The van der Waals surface area contributed by atoms with Crippen molar-refractivity contribution in [2.45, 2.75) is 25.7 Å². The third-order valence-corrected chi connectivity index (χ3v) is 4.87. The Bertz CT molecular complexity index is 788. The summed E-state index contributed by atoms with van der Waals surface area (Å²) in [6.45, 7) is 4.29. The molecule has 2 aromatic rings. The lowest BCUT2D eigenvalue weighted by atomic mass is 9.98. The molecule has 0 saturated carbocycles. The average Bonchev–Trinajstić information content (AvgIpc) is 3.21. The Labute approximate surface area is 155 Å². The van der Waals surface area contributed by atoms with Gasteiger partial charge in [0.2, 0.25) is 0 Å². The van der Waals surface area contributed by atoms with Crippen LogP contribution in [0, 0.1) is 11.3 Å². The second-order valence-corrected chi connectivity index (χ2v) is 6.75. The van der Waals surface area contributed by atoms with Gasteiger partial charge in [-0.2, -0.15) is 5.26 Å². The lowest BCUT2D eigenvalue weighted by Crippen LogP contribution is -2.26. The number of nitrogens with one attached hydrogen (secondary N) is 1. The van der Waals surface area contributed by atoms with E-state index in [2.05, 4.69) is 16.3 Å². The number of nitrogens with zero attached hydrogens (tertiary/aromatic N) is 2. The highest BCUT2D eigenvalue weighted by atomic mass is 16.1. The number of carbonyl (C=O) groups is 1. The molecule has 134 valence electrons. The minimum atomic E-state index is -0.0533. The fourth-order valence-electron chi connectivity index (χ4n) is 3.43. The van der Waals surface area contributed by atoms with Crippen molar-refractivity contribution in [3.63, 3.8) is 0 Å². The summed E-state index contributed by atoms with van der Waals surface area (Å²) < 4.78 is 0. The van der Waals surface area contributed by atoms with Crippen molar-refractivity contribution in [2.75, 3.05) is 26.2 Å². The van der Waals surface area contributed by atoms with Crippen LogP contribution in [-0.2, 0) is 0 Å². The van der Waals surface area contributed by atoms with Crippen molar-refractivity contribution in [3.05, 3.63) is 59.7 Å². The van der Waals surface area contributed by atoms with Gasteiger partial charge < -0.3 is 10.2 Å². The highest BCUT2D eigenvalue weighted by molar-refractivity contribution is 5.95. The molecule has 2 aromatic carbocycles. The third-order valence-electron chi connectivity index (χ3n) is 4.87. The van der Waals surface area contributed by atoms with Gasteiger partial charge in [-0.25, -0.2) is 0 Å². The molecule has 0 spiro atoms. The third kappa shape index (κ3) is 4.71. The maximum absolute atomic E-state index is 12.4. The standard InChI is InChI=1S/C22H25N3O/c23-17-20-8-1-2-11-21(20)18-9-7-10-19(16-18)22(26)24-12-3-4-13-25-14-5-6-15-25/h1-2,7-11,16H,3-6,12-15H2,(H,24,26). The maximum Gasteiger partial charge on any atom is 0.251 e. The van der Waals surface area contributed by atoms with Crippen LogP contribution in [0.2, 0.25) is 0 Å². The first kappa shape index (κ1) is 18.2. The minimum Gasteiger partial charge on any atom is -0.352 e. The number of likely N-dealkylation sites (tertiary alicyclic amines) is 1. The molecular formula is C22H25N3O. The molecule has 1 heterocycles. The van der Waals surface area contributed by atoms with Gasteiger partial charge in [0.1, 0.15) is 0 Å². The zero-order chi connectivity index (χ0) is 18.2. The van der Waals surface area contributed by atoms with Gasteiger partial charge in [0, 0.05) is 12.1 Å². The van der Waals surface area contributed by atoms with Gasteiger partial charge in [-0.3, -0.25) is 4.79 Å². The van der Waals surface area contributed by atoms with Gasteiger partial charge >= 0.3 is 0 Å². The second kappa shape index (κ2) is 9.17. The van der Waals surface area contributed by atoms with E-state index in [4.69, 9.17) is 0 Å². The lowest BCUT2D eigenvalue weighted by molar-refractivity contribution is 0.0952. The van der Waals surface area contributed by atoms with E-state index in [9.17, 15) is 10.1 Å². The average molecular weight is 347 g/mol. The molecule has 0 aliphatic carbocycles. The monoisotopic (exact) mass is 347 g/mol. The quantitative estimate of drug-likeness (QED) is 0.775. The Hall–Kier alpha value is -2.64. The highest BCUT2D eigenvalue weighted by Crippen LogP contribution is 2.24. The Morgan fingerprint density at radius 2 is 1.88 bits per heavy atom. The molecule has 0 atom stereocenters. The first-order valence-electron chi connectivity index (χ1n) is 9.38. The Morgan fingerprint density at radius 1 is 1.08 bits per heavy atom. The first-order valence-corrected chi connectivity index (χ1v) is 9.38. The summed E-state index contributed by atoms with van der Waals surface area (Å²) in [6, 6.07) is 17.1. The molecule has 1 amide bonds. The molecule has 1 fully saturated rings. The van der Waals surface area contributed by atoms with Crippen LogP contribution in [0.5, 0.6) is 0 Å². The number of hydrogen-bond donors (Lipinski definition) is 1. The van der Waals surface area contributed by atoms with Crippen LogP contribution in [0.4, 0.5) is 0 Å². The van der Waals surface area contributed by atoms with E-state index in [1.807, 2.05) is 42.5 Å². The summed E-state index contributed by atoms with van der Waals surface area (Å²) in [5.41, 5.74) is 3.00. The Morgan fingerprint density at radius 3 is 2.69 bits per heavy atom. The van der Waals surface area contributed by atoms with Crippen molar-refractivity contribution in [2.24, 2.45) is 0 Å². The van der Waals surface area contributed by atoms with Gasteiger partial charge in [-0.05, 0) is 74.6 Å². The van der Waals surface area contributed by atoms with Crippen LogP contribution in [0.3, 0.4) is 0 Å². The van der Waals surface area contributed by atoms with Crippen molar-refractivity contribution < 1.29 is 4.79 Å². The first-order chi connectivity index (χ1) is 12.8. The molecular weight excluding hydrogens is 322 g/mol. The SMILES string of the molecule is N#Cc1ccccc1-c1cccc(C(=O)NCCCCN2CCCC2)c1. The predicted octanol–water partition coefficient (Wildman–Crippen LogP) is 3.83. The molecule has 26 heavy (non-hydrogen) atoms. The van der Waals surface area contributed by atoms with E-state index < -0.39 is 0 Å². The summed E-state index contributed by atoms with van der Waals surface area (Å²) in [6.07, 6.45) is 4.76. The van der Waals surface area contributed by atoms with Crippen LogP contribution in [0.25, 0.3) is 11.1 Å². The van der Waals surface area contributed by atoms with E-state index in [1.54, 1.807) is 6.07 Å². The summed E-state index contributed by atoms with van der Waals surface area (Å²) in [4.78, 5) is 14.9. The van der Waals surface area contributed by atoms with E-state index >= 15 is 0 Å². The molecule has 1 N–H and O–H groups in total. The van der Waals surface area contributed by atoms with Crippen molar-refractivity contribution in [1.82, 2.24) is 10.2 Å². The number of unbranched alkanes of at least 4 members (excludes halogenated alkanes) is 1. The van der Waals surface area contributed by atoms with E-state index in [0.29, 0.717) is 17.7 Å². The van der Waals surface area contributed by atoms with Gasteiger partial charge in [0.05, 0.1) is 11.6 Å². The number of hydrogen-bond acceptors (Lipinski definition) is 3. The van der Waals surface area contributed by atoms with Gasteiger partial charge in [-0.1, -0.05) is 30.3 Å². The molecule has 0 aromatic heterocycles. The van der Waals surface area contributed by atoms with Crippen LogP contribution < -0.4 is 5.32 Å². The van der Waals surface area contributed by atoms with Crippen molar-refractivity contribution in [3.8, 4) is 17.2 Å². The molecule has 4 heteroatoms. The lowest BCUT2D eigenvalue weighted by Gasteiger charge is -2.14. The number of carbonyl (C=O) groups excluding carboxylic acids is 1. The number of amides is 1. The Kier molecular flexibility index (Phi) is 6.40. The predicted molar refractivity (Wildman–Crippen MR) is 104 cm³/mol. The zero-order valence-electron chi connectivity index (χ0n) is 15.1. The fraction of sp³-hybridized carbons (Fsp3) is 0.364. The topological polar surface area (TPSA) is 56.1 Å². The number of nitriles is 1. The zero-order valence-corrected chi connectivity index (χ0v) is 15.1. The minimum absolute atomic E-state index is 0.0533. The maximum atomic E-state index is 12.4. The van der Waals surface area contributed by atoms with Gasteiger partial charge in [-0.15, -0.1) is 0 Å². The van der Waals surface area contributed by atoms with E-state index in [0.717, 1.165) is 30.5 Å². The van der Waals surface area contributed by atoms with Crippen molar-refractivity contribution >= 4 is 5.91 Å². The number of rotatable bonds is 7. The largest absolute Gasteiger partial charge is 0.352 e. The highest BCUT2D eigenvalue weighted by Gasteiger charge is 2.11. The Balaban J connectivity index is 1.54. The van der Waals surface area contributed by atoms with Crippen molar-refractivity contribution in [1.29, 1.82) is 5.26 Å². The van der Waals surface area contributed by atoms with Crippen LogP contribution in [0.15, 0.2) is 48.5 Å². The summed E-state index contributed by atoms with van der Waals surface area (Å²) >= 11 is 0. The normalized spacial score (nSPS) is 14.1. The molecule has 1 saturated heterocycles. The van der Waals surface area contributed by atoms with Crippen LogP contribution in [-0.4, -0.2) is 37.0 Å². The number of benzene rings is 2. The molecule has 4 nitrogen and oxygen atoms in total. The fourth-order valence-corrected chi connectivity index (χ4v) is 3.43. The van der Waals surface area contributed by atoms with E-state index in [1.165, 1.54) is 25.9 Å². The van der Waals surface area contributed by atoms with Gasteiger partial charge in [0.15, 0.2) is 0 Å². The second-order valence-electron chi connectivity index (χ2n) is 6.75.